The first-order chi connectivity index (χ1) is 8.54. The molecule has 1 amide bonds. The van der Waals surface area contributed by atoms with Crippen LogP contribution in [0.15, 0.2) is 18.2 Å². The van der Waals surface area contributed by atoms with E-state index in [0.29, 0.717) is 11.3 Å². The Morgan fingerprint density at radius 3 is 2.42 bits per heavy atom. The van der Waals surface area contributed by atoms with E-state index in [4.69, 9.17) is 5.73 Å². The number of carbonyl (C=O) groups is 1. The summed E-state index contributed by atoms with van der Waals surface area (Å²) in [4.78, 5) is 11.9. The molecule has 3 N–H and O–H groups in total. The topological polar surface area (TPSA) is 89.3 Å². The molecule has 0 spiro atoms. The van der Waals surface area contributed by atoms with Gasteiger partial charge in [0.15, 0.2) is 9.84 Å². The number of sulfone groups is 1. The Bertz CT molecular complexity index is 592. The van der Waals surface area contributed by atoms with Crippen molar-refractivity contribution in [3.05, 3.63) is 29.3 Å². The molecule has 19 heavy (non-hydrogen) atoms. The molecule has 5 nitrogen and oxygen atoms in total. The molecular formula is C13H20N2O3S. The van der Waals surface area contributed by atoms with Crippen molar-refractivity contribution in [3.63, 3.8) is 0 Å². The van der Waals surface area contributed by atoms with Gasteiger partial charge in [-0.3, -0.25) is 4.79 Å². The summed E-state index contributed by atoms with van der Waals surface area (Å²) in [5, 5.41) is 2.63. The zero-order chi connectivity index (χ0) is 14.8. The van der Waals surface area contributed by atoms with Crippen LogP contribution in [-0.2, 0) is 9.84 Å². The fourth-order valence-corrected chi connectivity index (χ4v) is 1.68. The van der Waals surface area contributed by atoms with E-state index >= 15 is 0 Å². The highest BCUT2D eigenvalue weighted by Gasteiger charge is 2.30. The first-order valence-corrected chi connectivity index (χ1v) is 7.78. The maximum atomic E-state index is 11.9. The number of nitrogen functional groups attached to an aromatic ring is 1. The van der Waals surface area contributed by atoms with Crippen molar-refractivity contribution in [2.24, 2.45) is 0 Å². The predicted octanol–water partition coefficient (Wildman–Crippen LogP) is 1.13. The summed E-state index contributed by atoms with van der Waals surface area (Å²) in [6.45, 7) is 5.04. The Morgan fingerprint density at radius 2 is 1.95 bits per heavy atom. The number of nitrogens with one attached hydrogen (secondary N) is 1. The van der Waals surface area contributed by atoms with Gasteiger partial charge >= 0.3 is 0 Å². The third kappa shape index (κ3) is 3.70. The minimum atomic E-state index is -3.23. The summed E-state index contributed by atoms with van der Waals surface area (Å²) >= 11 is 0. The van der Waals surface area contributed by atoms with E-state index in [0.717, 1.165) is 11.8 Å². The Labute approximate surface area is 114 Å². The van der Waals surface area contributed by atoms with Gasteiger partial charge in [0.05, 0.1) is 4.75 Å². The molecule has 0 aliphatic rings. The second kappa shape index (κ2) is 5.21. The fraction of sp³-hybridized carbons (Fsp3) is 0.462. The lowest BCUT2D eigenvalue weighted by Crippen LogP contribution is -2.43. The van der Waals surface area contributed by atoms with Crippen molar-refractivity contribution in [2.45, 2.75) is 25.5 Å². The monoisotopic (exact) mass is 284 g/mol. The zero-order valence-corrected chi connectivity index (χ0v) is 12.5. The van der Waals surface area contributed by atoms with Crippen molar-refractivity contribution >= 4 is 21.4 Å². The molecule has 0 aliphatic heterocycles. The number of hydrogen-bond acceptors (Lipinski definition) is 4. The Kier molecular flexibility index (Phi) is 4.25. The van der Waals surface area contributed by atoms with Gasteiger partial charge in [-0.15, -0.1) is 0 Å². The van der Waals surface area contributed by atoms with E-state index in [-0.39, 0.29) is 12.5 Å². The summed E-state index contributed by atoms with van der Waals surface area (Å²) < 4.78 is 22.1. The van der Waals surface area contributed by atoms with Crippen LogP contribution in [0.4, 0.5) is 5.69 Å². The second-order valence-corrected chi connectivity index (χ2v) is 7.94. The molecule has 0 aromatic heterocycles. The number of carbonyl (C=O) groups excluding carboxylic acids is 1. The first-order valence-electron chi connectivity index (χ1n) is 5.88. The lowest BCUT2D eigenvalue weighted by atomic mass is 10.1. The summed E-state index contributed by atoms with van der Waals surface area (Å²) in [6.07, 6.45) is 1.16. The van der Waals surface area contributed by atoms with Crippen LogP contribution in [-0.4, -0.2) is 31.9 Å². The molecule has 6 heteroatoms. The average Bonchev–Trinajstić information content (AvgIpc) is 2.28. The quantitative estimate of drug-likeness (QED) is 0.811. The van der Waals surface area contributed by atoms with Gasteiger partial charge in [-0.25, -0.2) is 8.42 Å². The minimum absolute atomic E-state index is 0.0636. The fourth-order valence-electron chi connectivity index (χ4n) is 1.34. The van der Waals surface area contributed by atoms with Gasteiger partial charge in [0.1, 0.15) is 0 Å². The largest absolute Gasteiger partial charge is 0.399 e. The summed E-state index contributed by atoms with van der Waals surface area (Å²) in [6, 6.07) is 4.95. The number of aryl methyl sites for hydroxylation is 1. The molecule has 0 aliphatic carbocycles. The molecule has 1 aromatic rings. The number of rotatable bonds is 4. The number of anilines is 1. The van der Waals surface area contributed by atoms with E-state index in [1.807, 2.05) is 6.92 Å². The van der Waals surface area contributed by atoms with Gasteiger partial charge in [0, 0.05) is 24.1 Å². The number of amides is 1. The summed E-state index contributed by atoms with van der Waals surface area (Å²) in [5.41, 5.74) is 7.58. The molecule has 0 fully saturated rings. The van der Waals surface area contributed by atoms with Crippen LogP contribution in [0.5, 0.6) is 0 Å². The number of nitrogens with two attached hydrogens (primary N) is 1. The van der Waals surface area contributed by atoms with Gasteiger partial charge in [0.2, 0.25) is 0 Å². The maximum Gasteiger partial charge on any atom is 0.251 e. The number of hydrogen-bond donors (Lipinski definition) is 2. The lowest BCUT2D eigenvalue weighted by molar-refractivity contribution is 0.0950. The van der Waals surface area contributed by atoms with Crippen LogP contribution in [0.2, 0.25) is 0 Å². The van der Waals surface area contributed by atoms with Crippen molar-refractivity contribution < 1.29 is 13.2 Å². The first kappa shape index (κ1) is 15.5. The van der Waals surface area contributed by atoms with Gasteiger partial charge in [0.25, 0.3) is 5.91 Å². The predicted molar refractivity (Wildman–Crippen MR) is 76.8 cm³/mol. The molecule has 0 atom stereocenters. The normalized spacial score (nSPS) is 12.2. The molecule has 0 radical (unpaired) electrons. The molecule has 0 unspecified atom stereocenters. The Hall–Kier alpha value is -1.56. The maximum absolute atomic E-state index is 11.9. The molecule has 0 saturated carbocycles. The standard InChI is InChI=1S/C13H20N2O3S/c1-9-7-10(5-6-11(9)14)12(16)15-8-13(2,3)19(4,17)18/h5-7H,8,14H2,1-4H3,(H,15,16). The molecular weight excluding hydrogens is 264 g/mol. The van der Waals surface area contributed by atoms with E-state index < -0.39 is 14.6 Å². The van der Waals surface area contributed by atoms with E-state index in [1.165, 1.54) is 0 Å². The zero-order valence-electron chi connectivity index (χ0n) is 11.6. The van der Waals surface area contributed by atoms with Crippen molar-refractivity contribution in [1.82, 2.24) is 5.32 Å². The third-order valence-electron chi connectivity index (χ3n) is 3.21. The van der Waals surface area contributed by atoms with Crippen LogP contribution >= 0.6 is 0 Å². The smallest absolute Gasteiger partial charge is 0.251 e. The highest BCUT2D eigenvalue weighted by atomic mass is 32.2. The SMILES string of the molecule is Cc1cc(C(=O)NCC(C)(C)S(C)(=O)=O)ccc1N. The van der Waals surface area contributed by atoms with Crippen LogP contribution in [0.1, 0.15) is 29.8 Å². The molecule has 1 aromatic carbocycles. The van der Waals surface area contributed by atoms with Crippen molar-refractivity contribution in [3.8, 4) is 0 Å². The summed E-state index contributed by atoms with van der Waals surface area (Å²) in [7, 11) is -3.23. The van der Waals surface area contributed by atoms with Crippen molar-refractivity contribution in [1.29, 1.82) is 0 Å². The van der Waals surface area contributed by atoms with Crippen LogP contribution in [0.3, 0.4) is 0 Å². The highest BCUT2D eigenvalue weighted by Crippen LogP contribution is 2.15. The van der Waals surface area contributed by atoms with Gasteiger partial charge < -0.3 is 11.1 Å². The highest BCUT2D eigenvalue weighted by molar-refractivity contribution is 7.92. The molecule has 1 rings (SSSR count). The Balaban J connectivity index is 2.79. The second-order valence-electron chi connectivity index (χ2n) is 5.29. The van der Waals surface area contributed by atoms with E-state index in [9.17, 15) is 13.2 Å². The summed E-state index contributed by atoms with van der Waals surface area (Å²) in [5.74, 6) is -0.306. The Morgan fingerprint density at radius 1 is 1.37 bits per heavy atom. The minimum Gasteiger partial charge on any atom is -0.399 e. The van der Waals surface area contributed by atoms with E-state index in [2.05, 4.69) is 5.32 Å². The van der Waals surface area contributed by atoms with Crippen LogP contribution < -0.4 is 11.1 Å². The average molecular weight is 284 g/mol. The number of benzene rings is 1. The van der Waals surface area contributed by atoms with Gasteiger partial charge in [-0.2, -0.15) is 0 Å². The third-order valence-corrected chi connectivity index (χ3v) is 5.36. The molecule has 0 bridgehead atoms. The molecule has 0 heterocycles. The van der Waals surface area contributed by atoms with Crippen LogP contribution in [0, 0.1) is 6.92 Å². The van der Waals surface area contributed by atoms with Gasteiger partial charge in [-0.05, 0) is 44.5 Å². The molecule has 106 valence electrons. The molecule has 0 saturated heterocycles. The van der Waals surface area contributed by atoms with E-state index in [1.54, 1.807) is 32.0 Å². The van der Waals surface area contributed by atoms with Crippen LogP contribution in [0.25, 0.3) is 0 Å². The lowest BCUT2D eigenvalue weighted by Gasteiger charge is -2.22. The van der Waals surface area contributed by atoms with Gasteiger partial charge in [-0.1, -0.05) is 0 Å². The van der Waals surface area contributed by atoms with Crippen molar-refractivity contribution in [2.75, 3.05) is 18.5 Å².